The third kappa shape index (κ3) is 2.78. The van der Waals surface area contributed by atoms with Crippen LogP contribution in [0.25, 0.3) is 11.3 Å². The Morgan fingerprint density at radius 3 is 2.10 bits per heavy atom. The van der Waals surface area contributed by atoms with Crippen molar-refractivity contribution in [1.82, 2.24) is 4.98 Å². The third-order valence-electron chi connectivity index (χ3n) is 2.92. The molecule has 3 aromatic rings. The molecule has 0 N–H and O–H groups in total. The van der Waals surface area contributed by atoms with Gasteiger partial charge in [-0.2, -0.15) is 0 Å². The number of rotatable bonds is 1. The van der Waals surface area contributed by atoms with Gasteiger partial charge in [0.2, 0.25) is 0 Å². The molecular formula is C18H13NO. The summed E-state index contributed by atoms with van der Waals surface area (Å²) >= 11 is 0. The van der Waals surface area contributed by atoms with Gasteiger partial charge in [-0.3, -0.25) is 0 Å². The van der Waals surface area contributed by atoms with E-state index in [4.69, 9.17) is 4.42 Å². The Bertz CT molecular complexity index is 758. The molecule has 0 saturated carbocycles. The Morgan fingerprint density at radius 1 is 0.850 bits per heavy atom. The van der Waals surface area contributed by atoms with E-state index in [0.29, 0.717) is 5.89 Å². The predicted molar refractivity (Wildman–Crippen MR) is 79.1 cm³/mol. The molecule has 0 amide bonds. The summed E-state index contributed by atoms with van der Waals surface area (Å²) in [6.45, 7) is 1.84. The van der Waals surface area contributed by atoms with Gasteiger partial charge in [0.25, 0.3) is 0 Å². The number of hydrogen-bond acceptors (Lipinski definition) is 2. The maximum Gasteiger partial charge on any atom is 0.191 e. The molecule has 2 aromatic carbocycles. The van der Waals surface area contributed by atoms with E-state index in [1.165, 1.54) is 0 Å². The van der Waals surface area contributed by atoms with Crippen LogP contribution in [0.5, 0.6) is 0 Å². The van der Waals surface area contributed by atoms with E-state index < -0.39 is 0 Å². The van der Waals surface area contributed by atoms with E-state index in [9.17, 15) is 0 Å². The van der Waals surface area contributed by atoms with Crippen LogP contribution in [0.2, 0.25) is 0 Å². The molecule has 1 aromatic heterocycles. The standard InChI is InChI=1S/C18H13NO/c1-14-19-13-18(20-14)17-11-9-16(10-12-17)8-7-15-5-3-2-4-6-15/h2-6,9-13H,1H3. The van der Waals surface area contributed by atoms with E-state index in [0.717, 1.165) is 22.5 Å². The second kappa shape index (κ2) is 5.46. The Morgan fingerprint density at radius 2 is 1.50 bits per heavy atom. The molecule has 2 nitrogen and oxygen atoms in total. The number of oxazole rings is 1. The average Bonchev–Trinajstić information content (AvgIpc) is 2.93. The van der Waals surface area contributed by atoms with Gasteiger partial charge in [-0.25, -0.2) is 4.98 Å². The highest BCUT2D eigenvalue weighted by molar-refractivity contribution is 5.58. The summed E-state index contributed by atoms with van der Waals surface area (Å²) in [5, 5.41) is 0. The first kappa shape index (κ1) is 12.3. The molecule has 0 saturated heterocycles. The van der Waals surface area contributed by atoms with Crippen molar-refractivity contribution in [1.29, 1.82) is 0 Å². The van der Waals surface area contributed by atoms with Gasteiger partial charge in [0.05, 0.1) is 6.20 Å². The van der Waals surface area contributed by atoms with Crippen molar-refractivity contribution >= 4 is 0 Å². The minimum absolute atomic E-state index is 0.674. The fourth-order valence-electron chi connectivity index (χ4n) is 1.88. The van der Waals surface area contributed by atoms with Crippen LogP contribution in [0.15, 0.2) is 65.2 Å². The lowest BCUT2D eigenvalue weighted by Gasteiger charge is -1.96. The monoisotopic (exact) mass is 259 g/mol. The molecule has 0 atom stereocenters. The maximum atomic E-state index is 5.49. The van der Waals surface area contributed by atoms with Crippen LogP contribution >= 0.6 is 0 Å². The number of hydrogen-bond donors (Lipinski definition) is 0. The van der Waals surface area contributed by atoms with Crippen LogP contribution in [0.4, 0.5) is 0 Å². The van der Waals surface area contributed by atoms with Crippen molar-refractivity contribution < 1.29 is 4.42 Å². The SMILES string of the molecule is Cc1ncc(-c2ccc(C#Cc3ccccc3)cc2)o1. The summed E-state index contributed by atoms with van der Waals surface area (Å²) < 4.78 is 5.49. The van der Waals surface area contributed by atoms with E-state index in [1.807, 2.05) is 61.5 Å². The van der Waals surface area contributed by atoms with Crippen molar-refractivity contribution in [2.75, 3.05) is 0 Å². The second-order valence-corrected chi connectivity index (χ2v) is 4.44. The molecule has 0 radical (unpaired) electrons. The highest BCUT2D eigenvalue weighted by atomic mass is 16.4. The molecule has 2 heteroatoms. The second-order valence-electron chi connectivity index (χ2n) is 4.44. The van der Waals surface area contributed by atoms with E-state index in [2.05, 4.69) is 16.8 Å². The van der Waals surface area contributed by atoms with Crippen molar-refractivity contribution in [2.45, 2.75) is 6.92 Å². The smallest absolute Gasteiger partial charge is 0.191 e. The van der Waals surface area contributed by atoms with Crippen LogP contribution in [0.1, 0.15) is 17.0 Å². The van der Waals surface area contributed by atoms with Crippen LogP contribution in [-0.4, -0.2) is 4.98 Å². The Labute approximate surface area is 118 Å². The van der Waals surface area contributed by atoms with Gasteiger partial charge >= 0.3 is 0 Å². The van der Waals surface area contributed by atoms with Crippen molar-refractivity contribution in [3.05, 3.63) is 77.8 Å². The molecule has 0 fully saturated rings. The molecule has 0 aliphatic heterocycles. The first-order valence-corrected chi connectivity index (χ1v) is 6.41. The van der Waals surface area contributed by atoms with Gasteiger partial charge in [0, 0.05) is 23.6 Å². The largest absolute Gasteiger partial charge is 0.441 e. The lowest BCUT2D eigenvalue weighted by Crippen LogP contribution is -1.77. The molecule has 96 valence electrons. The minimum atomic E-state index is 0.674. The molecule has 0 aliphatic rings. The average molecular weight is 259 g/mol. The molecule has 3 rings (SSSR count). The number of aromatic nitrogens is 1. The Kier molecular flexibility index (Phi) is 3.34. The summed E-state index contributed by atoms with van der Waals surface area (Å²) in [6, 6.07) is 17.9. The van der Waals surface area contributed by atoms with E-state index >= 15 is 0 Å². The van der Waals surface area contributed by atoms with Crippen molar-refractivity contribution in [3.63, 3.8) is 0 Å². The van der Waals surface area contributed by atoms with Gasteiger partial charge in [0.1, 0.15) is 0 Å². The van der Waals surface area contributed by atoms with Crippen LogP contribution in [0.3, 0.4) is 0 Å². The summed E-state index contributed by atoms with van der Waals surface area (Å²) in [6.07, 6.45) is 1.74. The molecule has 0 bridgehead atoms. The number of aryl methyl sites for hydroxylation is 1. The highest BCUT2D eigenvalue weighted by Crippen LogP contribution is 2.20. The topological polar surface area (TPSA) is 26.0 Å². The lowest BCUT2D eigenvalue weighted by molar-refractivity contribution is 0.534. The zero-order chi connectivity index (χ0) is 13.8. The first-order valence-electron chi connectivity index (χ1n) is 6.41. The molecule has 0 unspecified atom stereocenters. The van der Waals surface area contributed by atoms with Gasteiger partial charge in [0.15, 0.2) is 11.7 Å². The van der Waals surface area contributed by atoms with Gasteiger partial charge in [-0.05, 0) is 36.4 Å². The predicted octanol–water partition coefficient (Wildman–Crippen LogP) is 4.05. The highest BCUT2D eigenvalue weighted by Gasteiger charge is 2.02. The zero-order valence-corrected chi connectivity index (χ0v) is 11.1. The van der Waals surface area contributed by atoms with E-state index in [-0.39, 0.29) is 0 Å². The van der Waals surface area contributed by atoms with Gasteiger partial charge in [-0.15, -0.1) is 0 Å². The summed E-state index contributed by atoms with van der Waals surface area (Å²) in [5.41, 5.74) is 3.01. The third-order valence-corrected chi connectivity index (χ3v) is 2.92. The number of nitrogens with zero attached hydrogens (tertiary/aromatic N) is 1. The van der Waals surface area contributed by atoms with E-state index in [1.54, 1.807) is 6.20 Å². The zero-order valence-electron chi connectivity index (χ0n) is 11.1. The van der Waals surface area contributed by atoms with Gasteiger partial charge < -0.3 is 4.42 Å². The molecule has 0 aliphatic carbocycles. The Balaban J connectivity index is 1.82. The number of benzene rings is 2. The normalized spacial score (nSPS) is 9.85. The van der Waals surface area contributed by atoms with Crippen LogP contribution < -0.4 is 0 Å². The van der Waals surface area contributed by atoms with Crippen molar-refractivity contribution in [2.24, 2.45) is 0 Å². The maximum absolute atomic E-state index is 5.49. The lowest BCUT2D eigenvalue weighted by atomic mass is 10.1. The van der Waals surface area contributed by atoms with Crippen LogP contribution in [0, 0.1) is 18.8 Å². The van der Waals surface area contributed by atoms with Crippen LogP contribution in [-0.2, 0) is 0 Å². The van der Waals surface area contributed by atoms with Crippen molar-refractivity contribution in [3.8, 4) is 23.2 Å². The quantitative estimate of drug-likeness (QED) is 0.616. The first-order chi connectivity index (χ1) is 9.81. The fourth-order valence-corrected chi connectivity index (χ4v) is 1.88. The molecular weight excluding hydrogens is 246 g/mol. The minimum Gasteiger partial charge on any atom is -0.441 e. The summed E-state index contributed by atoms with van der Waals surface area (Å²) in [7, 11) is 0. The molecule has 20 heavy (non-hydrogen) atoms. The van der Waals surface area contributed by atoms with Gasteiger partial charge in [-0.1, -0.05) is 30.0 Å². The summed E-state index contributed by atoms with van der Waals surface area (Å²) in [5.74, 6) is 7.74. The Hall–Kier alpha value is -2.79. The summed E-state index contributed by atoms with van der Waals surface area (Å²) in [4.78, 5) is 4.10. The fraction of sp³-hybridized carbons (Fsp3) is 0.0556. The molecule has 0 spiro atoms. The molecule has 1 heterocycles.